The third-order valence-electron chi connectivity index (χ3n) is 4.64. The van der Waals surface area contributed by atoms with Crippen LogP contribution in [-0.2, 0) is 17.9 Å². The molecule has 0 heterocycles. The van der Waals surface area contributed by atoms with Crippen LogP contribution in [0.3, 0.4) is 0 Å². The summed E-state index contributed by atoms with van der Waals surface area (Å²) in [5.74, 6) is 0.853. The lowest BCUT2D eigenvalue weighted by molar-refractivity contribution is 0.133. The van der Waals surface area contributed by atoms with Crippen LogP contribution in [0.15, 0.2) is 29.3 Å². The van der Waals surface area contributed by atoms with Gasteiger partial charge < -0.3 is 20.3 Å². The molecule has 0 aliphatic carbocycles. The van der Waals surface area contributed by atoms with Crippen molar-refractivity contribution in [2.24, 2.45) is 4.99 Å². The summed E-state index contributed by atoms with van der Waals surface area (Å²) < 4.78 is 5.56. The monoisotopic (exact) mass is 490 g/mol. The van der Waals surface area contributed by atoms with E-state index in [4.69, 9.17) is 4.74 Å². The van der Waals surface area contributed by atoms with Gasteiger partial charge in [0.15, 0.2) is 5.96 Å². The fourth-order valence-electron chi connectivity index (χ4n) is 2.92. The minimum atomic E-state index is 0. The summed E-state index contributed by atoms with van der Waals surface area (Å²) in [6, 6.07) is 8.79. The van der Waals surface area contributed by atoms with Gasteiger partial charge in [-0.15, -0.1) is 24.0 Å². The Bertz CT molecular complexity index is 521. The summed E-state index contributed by atoms with van der Waals surface area (Å²) in [4.78, 5) is 6.83. The van der Waals surface area contributed by atoms with Gasteiger partial charge in [-0.1, -0.05) is 38.1 Å². The van der Waals surface area contributed by atoms with E-state index >= 15 is 0 Å². The SMILES string of the molecule is CCOCc1ccccc1CNC(=NC)NC(C)CCCN(CC)CC.I. The number of guanidine groups is 1. The lowest BCUT2D eigenvalue weighted by Gasteiger charge is -2.21. The topological polar surface area (TPSA) is 48.9 Å². The van der Waals surface area contributed by atoms with Crippen LogP contribution in [0.4, 0.5) is 0 Å². The molecule has 0 aromatic heterocycles. The third kappa shape index (κ3) is 10.9. The molecule has 156 valence electrons. The maximum absolute atomic E-state index is 5.56. The highest BCUT2D eigenvalue weighted by atomic mass is 127. The lowest BCUT2D eigenvalue weighted by Crippen LogP contribution is -2.42. The average Bonchev–Trinajstić information content (AvgIpc) is 2.67. The van der Waals surface area contributed by atoms with Crippen LogP contribution in [0.1, 0.15) is 51.7 Å². The predicted molar refractivity (Wildman–Crippen MR) is 127 cm³/mol. The molecule has 0 spiro atoms. The number of nitrogens with zero attached hydrogens (tertiary/aromatic N) is 2. The minimum Gasteiger partial charge on any atom is -0.377 e. The second kappa shape index (κ2) is 16.1. The predicted octanol–water partition coefficient (Wildman–Crippen LogP) is 4.02. The molecule has 1 aromatic carbocycles. The van der Waals surface area contributed by atoms with Gasteiger partial charge in [-0.05, 0) is 57.5 Å². The van der Waals surface area contributed by atoms with Gasteiger partial charge in [0, 0.05) is 26.2 Å². The second-order valence-corrected chi connectivity index (χ2v) is 6.55. The molecule has 2 N–H and O–H groups in total. The maximum atomic E-state index is 5.56. The van der Waals surface area contributed by atoms with Crippen LogP contribution in [0, 0.1) is 0 Å². The average molecular weight is 490 g/mol. The first kappa shape index (κ1) is 26.1. The maximum Gasteiger partial charge on any atom is 0.191 e. The molecule has 0 bridgehead atoms. The van der Waals surface area contributed by atoms with Crippen LogP contribution in [-0.4, -0.2) is 50.2 Å². The zero-order chi connectivity index (χ0) is 19.2. The number of rotatable bonds is 12. The van der Waals surface area contributed by atoms with E-state index in [1.807, 2.05) is 14.0 Å². The first-order chi connectivity index (χ1) is 12.6. The summed E-state index contributed by atoms with van der Waals surface area (Å²) in [6.07, 6.45) is 2.34. The van der Waals surface area contributed by atoms with E-state index in [2.05, 4.69) is 65.6 Å². The third-order valence-corrected chi connectivity index (χ3v) is 4.64. The number of hydrogen-bond acceptors (Lipinski definition) is 3. The molecule has 5 nitrogen and oxygen atoms in total. The minimum absolute atomic E-state index is 0. The Morgan fingerprint density at radius 1 is 1.15 bits per heavy atom. The zero-order valence-corrected chi connectivity index (χ0v) is 20.1. The standard InChI is InChI=1S/C21H38N4O.HI/c1-6-25(7-2)15-11-12-18(4)24-21(22-5)23-16-19-13-9-10-14-20(19)17-26-8-3;/h9-10,13-14,18H,6-8,11-12,15-17H2,1-5H3,(H2,22,23,24);1H. The first-order valence-corrected chi connectivity index (χ1v) is 9.98. The van der Waals surface area contributed by atoms with E-state index in [1.54, 1.807) is 0 Å². The van der Waals surface area contributed by atoms with E-state index in [0.29, 0.717) is 12.6 Å². The van der Waals surface area contributed by atoms with Gasteiger partial charge in [0.1, 0.15) is 0 Å². The first-order valence-electron chi connectivity index (χ1n) is 9.98. The van der Waals surface area contributed by atoms with Gasteiger partial charge in [0.05, 0.1) is 6.61 Å². The largest absolute Gasteiger partial charge is 0.377 e. The van der Waals surface area contributed by atoms with Crippen molar-refractivity contribution in [1.29, 1.82) is 0 Å². The molecule has 1 unspecified atom stereocenters. The van der Waals surface area contributed by atoms with Crippen molar-refractivity contribution in [2.75, 3.05) is 33.3 Å². The normalized spacial score (nSPS) is 12.6. The Labute approximate surface area is 183 Å². The number of hydrogen-bond donors (Lipinski definition) is 2. The molecular weight excluding hydrogens is 451 g/mol. The summed E-state index contributed by atoms with van der Waals surface area (Å²) in [7, 11) is 1.82. The Morgan fingerprint density at radius 2 is 1.81 bits per heavy atom. The Kier molecular flexibility index (Phi) is 15.6. The molecule has 27 heavy (non-hydrogen) atoms. The number of aliphatic imine (C=N–C) groups is 1. The van der Waals surface area contributed by atoms with Crippen molar-refractivity contribution in [3.8, 4) is 0 Å². The number of halogens is 1. The highest BCUT2D eigenvalue weighted by Gasteiger charge is 2.08. The molecule has 0 amide bonds. The zero-order valence-electron chi connectivity index (χ0n) is 17.8. The van der Waals surface area contributed by atoms with Crippen molar-refractivity contribution < 1.29 is 4.74 Å². The van der Waals surface area contributed by atoms with Crippen LogP contribution in [0.25, 0.3) is 0 Å². The fraction of sp³-hybridized carbons (Fsp3) is 0.667. The summed E-state index contributed by atoms with van der Waals surface area (Å²) in [5.41, 5.74) is 2.47. The molecule has 0 saturated carbocycles. The highest BCUT2D eigenvalue weighted by molar-refractivity contribution is 14.0. The molecule has 1 aromatic rings. The van der Waals surface area contributed by atoms with Gasteiger partial charge in [0.2, 0.25) is 0 Å². The van der Waals surface area contributed by atoms with E-state index in [-0.39, 0.29) is 24.0 Å². The quantitative estimate of drug-likeness (QED) is 0.264. The number of nitrogens with one attached hydrogen (secondary N) is 2. The van der Waals surface area contributed by atoms with Gasteiger partial charge in [-0.3, -0.25) is 4.99 Å². The van der Waals surface area contributed by atoms with Crippen LogP contribution in [0.2, 0.25) is 0 Å². The van der Waals surface area contributed by atoms with Crippen LogP contribution < -0.4 is 10.6 Å². The van der Waals surface area contributed by atoms with Gasteiger partial charge in [0.25, 0.3) is 0 Å². The Morgan fingerprint density at radius 3 is 2.41 bits per heavy atom. The molecule has 0 saturated heterocycles. The van der Waals surface area contributed by atoms with Gasteiger partial charge in [-0.2, -0.15) is 0 Å². The summed E-state index contributed by atoms with van der Waals surface area (Å²) >= 11 is 0. The van der Waals surface area contributed by atoms with Crippen molar-refractivity contribution in [2.45, 2.75) is 59.7 Å². The van der Waals surface area contributed by atoms with Crippen LogP contribution >= 0.6 is 24.0 Å². The molecule has 1 rings (SSSR count). The number of ether oxygens (including phenoxy) is 1. The molecule has 1 atom stereocenters. The van der Waals surface area contributed by atoms with Crippen molar-refractivity contribution in [1.82, 2.24) is 15.5 Å². The number of benzene rings is 1. The molecule has 0 aliphatic rings. The fourth-order valence-corrected chi connectivity index (χ4v) is 2.92. The highest BCUT2D eigenvalue weighted by Crippen LogP contribution is 2.10. The molecule has 0 fully saturated rings. The second-order valence-electron chi connectivity index (χ2n) is 6.55. The van der Waals surface area contributed by atoms with Gasteiger partial charge >= 0.3 is 0 Å². The van der Waals surface area contributed by atoms with Crippen molar-refractivity contribution in [3.05, 3.63) is 35.4 Å². The Hall–Kier alpha value is -0.860. The van der Waals surface area contributed by atoms with E-state index in [1.165, 1.54) is 17.5 Å². The summed E-state index contributed by atoms with van der Waals surface area (Å²) in [5, 5.41) is 6.93. The molecule has 6 heteroatoms. The van der Waals surface area contributed by atoms with Crippen LogP contribution in [0.5, 0.6) is 0 Å². The van der Waals surface area contributed by atoms with Gasteiger partial charge in [-0.25, -0.2) is 0 Å². The Balaban J connectivity index is 0.00000676. The van der Waals surface area contributed by atoms with E-state index in [0.717, 1.165) is 45.2 Å². The lowest BCUT2D eigenvalue weighted by atomic mass is 10.1. The van der Waals surface area contributed by atoms with Crippen molar-refractivity contribution >= 4 is 29.9 Å². The van der Waals surface area contributed by atoms with E-state index in [9.17, 15) is 0 Å². The summed E-state index contributed by atoms with van der Waals surface area (Å²) in [6.45, 7) is 14.2. The molecular formula is C21H39IN4O. The smallest absolute Gasteiger partial charge is 0.191 e. The van der Waals surface area contributed by atoms with Crippen molar-refractivity contribution in [3.63, 3.8) is 0 Å². The molecule has 0 radical (unpaired) electrons. The molecule has 0 aliphatic heterocycles. The van der Waals surface area contributed by atoms with E-state index < -0.39 is 0 Å².